The van der Waals surface area contributed by atoms with E-state index in [2.05, 4.69) is 26.1 Å². The summed E-state index contributed by atoms with van der Waals surface area (Å²) < 4.78 is 13.5. The number of aryl methyl sites for hydroxylation is 1. The molecule has 0 bridgehead atoms. The maximum absolute atomic E-state index is 13.5. The quantitative estimate of drug-likeness (QED) is 0.798. The Balaban J connectivity index is 2.29. The molecule has 1 aliphatic rings. The molecule has 1 nitrogen and oxygen atoms in total. The maximum Gasteiger partial charge on any atom is 0.126 e. The number of hydrogen-bond donors (Lipinski definition) is 1. The lowest BCUT2D eigenvalue weighted by Crippen LogP contribution is -2.34. The maximum atomic E-state index is 13.5. The van der Waals surface area contributed by atoms with Crippen LogP contribution in [0.4, 0.5) is 4.39 Å². The van der Waals surface area contributed by atoms with Crippen LogP contribution in [0.25, 0.3) is 0 Å². The van der Waals surface area contributed by atoms with Crippen molar-refractivity contribution in [2.45, 2.75) is 59.4 Å². The minimum atomic E-state index is -0.103. The smallest absolute Gasteiger partial charge is 0.126 e. The van der Waals surface area contributed by atoms with Crippen molar-refractivity contribution in [3.63, 3.8) is 0 Å². The predicted octanol–water partition coefficient (Wildman–Crippen LogP) is 5.00. The van der Waals surface area contributed by atoms with Crippen LogP contribution in [0.2, 0.25) is 0 Å². The van der Waals surface area contributed by atoms with Crippen LogP contribution in [-0.2, 0) is 0 Å². The largest absolute Gasteiger partial charge is 0.310 e. The zero-order chi connectivity index (χ0) is 14.8. The molecule has 1 aliphatic carbocycles. The Kier molecular flexibility index (Phi) is 4.85. The van der Waals surface area contributed by atoms with Crippen molar-refractivity contribution in [3.8, 4) is 0 Å². The molecule has 0 amide bonds. The lowest BCUT2D eigenvalue weighted by Gasteiger charge is -2.35. The van der Waals surface area contributed by atoms with Gasteiger partial charge in [-0.3, -0.25) is 0 Å². The average molecular weight is 277 g/mol. The van der Waals surface area contributed by atoms with Gasteiger partial charge in [-0.15, -0.1) is 0 Å². The average Bonchev–Trinajstić information content (AvgIpc) is 2.74. The van der Waals surface area contributed by atoms with E-state index in [1.807, 2.05) is 19.1 Å². The topological polar surface area (TPSA) is 12.0 Å². The number of benzene rings is 1. The first-order valence-electron chi connectivity index (χ1n) is 7.95. The van der Waals surface area contributed by atoms with Gasteiger partial charge >= 0.3 is 0 Å². The molecule has 0 aromatic heterocycles. The zero-order valence-corrected chi connectivity index (χ0v) is 13.3. The Morgan fingerprint density at radius 2 is 2.15 bits per heavy atom. The molecule has 112 valence electrons. The summed E-state index contributed by atoms with van der Waals surface area (Å²) in [6, 6.07) is 5.96. The fraction of sp³-hybridized carbons (Fsp3) is 0.667. The van der Waals surface area contributed by atoms with Gasteiger partial charge in [0.05, 0.1) is 0 Å². The van der Waals surface area contributed by atoms with Crippen molar-refractivity contribution >= 4 is 0 Å². The van der Waals surface area contributed by atoms with Crippen LogP contribution in [-0.4, -0.2) is 6.54 Å². The summed E-state index contributed by atoms with van der Waals surface area (Å²) in [6.45, 7) is 9.83. The molecule has 1 N–H and O–H groups in total. The van der Waals surface area contributed by atoms with Gasteiger partial charge in [0, 0.05) is 6.04 Å². The zero-order valence-electron chi connectivity index (χ0n) is 13.3. The van der Waals surface area contributed by atoms with Crippen molar-refractivity contribution in [2.75, 3.05) is 6.54 Å². The van der Waals surface area contributed by atoms with Gasteiger partial charge in [-0.1, -0.05) is 39.3 Å². The Labute approximate surface area is 123 Å². The van der Waals surface area contributed by atoms with E-state index in [-0.39, 0.29) is 5.82 Å². The summed E-state index contributed by atoms with van der Waals surface area (Å²) in [4.78, 5) is 0. The molecule has 2 heteroatoms. The van der Waals surface area contributed by atoms with Gasteiger partial charge in [-0.05, 0) is 61.3 Å². The number of hydrogen-bond acceptors (Lipinski definition) is 1. The second kappa shape index (κ2) is 6.26. The molecule has 2 unspecified atom stereocenters. The van der Waals surface area contributed by atoms with Crippen molar-refractivity contribution in [2.24, 2.45) is 11.3 Å². The normalized spacial score (nSPS) is 22.9. The van der Waals surface area contributed by atoms with Gasteiger partial charge in [0.1, 0.15) is 5.82 Å². The van der Waals surface area contributed by atoms with Gasteiger partial charge in [0.15, 0.2) is 0 Å². The highest BCUT2D eigenvalue weighted by atomic mass is 19.1. The molecule has 1 fully saturated rings. The van der Waals surface area contributed by atoms with E-state index < -0.39 is 0 Å². The number of halogens is 1. The highest BCUT2D eigenvalue weighted by Gasteiger charge is 2.39. The SMILES string of the molecule is CCCNC(c1ccc(F)c(C)c1)C1CCCC1(C)C. The molecule has 0 aliphatic heterocycles. The lowest BCUT2D eigenvalue weighted by atomic mass is 9.75. The van der Waals surface area contributed by atoms with Gasteiger partial charge < -0.3 is 5.32 Å². The summed E-state index contributed by atoms with van der Waals surface area (Å²) in [7, 11) is 0. The Morgan fingerprint density at radius 3 is 2.70 bits per heavy atom. The molecule has 1 aromatic carbocycles. The summed E-state index contributed by atoms with van der Waals surface area (Å²) in [5, 5.41) is 3.71. The molecule has 1 aromatic rings. The van der Waals surface area contributed by atoms with Crippen molar-refractivity contribution in [1.29, 1.82) is 0 Å². The minimum Gasteiger partial charge on any atom is -0.310 e. The molecule has 0 radical (unpaired) electrons. The van der Waals surface area contributed by atoms with E-state index in [9.17, 15) is 4.39 Å². The van der Waals surface area contributed by atoms with Crippen LogP contribution < -0.4 is 5.32 Å². The Bertz CT molecular complexity index is 453. The molecular formula is C18H28FN. The third-order valence-corrected chi connectivity index (χ3v) is 4.90. The van der Waals surface area contributed by atoms with E-state index >= 15 is 0 Å². The van der Waals surface area contributed by atoms with Crippen LogP contribution in [0.15, 0.2) is 18.2 Å². The monoisotopic (exact) mass is 277 g/mol. The second-order valence-electron chi connectivity index (χ2n) is 6.93. The highest BCUT2D eigenvalue weighted by molar-refractivity contribution is 5.27. The van der Waals surface area contributed by atoms with Crippen LogP contribution in [0.1, 0.15) is 63.6 Å². The Hall–Kier alpha value is -0.890. The van der Waals surface area contributed by atoms with Crippen molar-refractivity contribution in [1.82, 2.24) is 5.32 Å². The second-order valence-corrected chi connectivity index (χ2v) is 6.93. The highest BCUT2D eigenvalue weighted by Crippen LogP contribution is 2.48. The van der Waals surface area contributed by atoms with Crippen molar-refractivity contribution in [3.05, 3.63) is 35.1 Å². The van der Waals surface area contributed by atoms with Gasteiger partial charge in [0.25, 0.3) is 0 Å². The van der Waals surface area contributed by atoms with Gasteiger partial charge in [-0.2, -0.15) is 0 Å². The predicted molar refractivity (Wildman–Crippen MR) is 83.3 cm³/mol. The summed E-state index contributed by atoms with van der Waals surface area (Å²) in [6.07, 6.45) is 5.00. The fourth-order valence-electron chi connectivity index (χ4n) is 3.63. The first-order chi connectivity index (χ1) is 9.45. The van der Waals surface area contributed by atoms with Crippen molar-refractivity contribution < 1.29 is 4.39 Å². The summed E-state index contributed by atoms with van der Waals surface area (Å²) >= 11 is 0. The molecule has 2 rings (SSSR count). The van der Waals surface area contributed by atoms with Crippen LogP contribution in [0.3, 0.4) is 0 Å². The van der Waals surface area contributed by atoms with Gasteiger partial charge in [-0.25, -0.2) is 4.39 Å². The van der Waals surface area contributed by atoms with E-state index in [1.165, 1.54) is 24.8 Å². The first kappa shape index (κ1) is 15.5. The molecule has 0 spiro atoms. The van der Waals surface area contributed by atoms with E-state index in [1.54, 1.807) is 6.07 Å². The summed E-state index contributed by atoms with van der Waals surface area (Å²) in [5.74, 6) is 0.535. The molecule has 0 heterocycles. The third kappa shape index (κ3) is 3.22. The van der Waals surface area contributed by atoms with E-state index in [0.717, 1.165) is 18.5 Å². The third-order valence-electron chi connectivity index (χ3n) is 4.90. The molecular weight excluding hydrogens is 249 g/mol. The first-order valence-corrected chi connectivity index (χ1v) is 7.95. The van der Waals surface area contributed by atoms with Gasteiger partial charge in [0.2, 0.25) is 0 Å². The fourth-order valence-corrected chi connectivity index (χ4v) is 3.63. The minimum absolute atomic E-state index is 0.103. The number of rotatable bonds is 5. The molecule has 2 atom stereocenters. The van der Waals surface area contributed by atoms with Crippen LogP contribution in [0.5, 0.6) is 0 Å². The van der Waals surface area contributed by atoms with Crippen LogP contribution in [0, 0.1) is 24.1 Å². The molecule has 0 saturated heterocycles. The van der Waals surface area contributed by atoms with Crippen LogP contribution >= 0.6 is 0 Å². The molecule has 20 heavy (non-hydrogen) atoms. The Morgan fingerprint density at radius 1 is 1.40 bits per heavy atom. The lowest BCUT2D eigenvalue weighted by molar-refractivity contribution is 0.197. The molecule has 1 saturated carbocycles. The summed E-state index contributed by atoms with van der Waals surface area (Å²) in [5.41, 5.74) is 2.37. The standard InChI is InChI=1S/C18H28FN/c1-5-11-20-17(15-7-6-10-18(15,3)4)14-8-9-16(19)13(2)12-14/h8-9,12,15,17,20H,5-7,10-11H2,1-4H3. The van der Waals surface area contributed by atoms with E-state index in [4.69, 9.17) is 0 Å². The number of nitrogens with one attached hydrogen (secondary N) is 1. The van der Waals surface area contributed by atoms with E-state index in [0.29, 0.717) is 17.4 Å².